The van der Waals surface area contributed by atoms with Gasteiger partial charge in [-0.2, -0.15) is 11.8 Å². The second-order valence-electron chi connectivity index (χ2n) is 6.10. The van der Waals surface area contributed by atoms with Crippen LogP contribution in [0.4, 0.5) is 0 Å². The van der Waals surface area contributed by atoms with Crippen LogP contribution in [0.5, 0.6) is 0 Å². The van der Waals surface area contributed by atoms with E-state index in [-0.39, 0.29) is 0 Å². The molecule has 2 atom stereocenters. The lowest BCUT2D eigenvalue weighted by Gasteiger charge is -2.27. The molecule has 0 aromatic heterocycles. The van der Waals surface area contributed by atoms with Gasteiger partial charge in [-0.1, -0.05) is 20.8 Å². The third-order valence-corrected chi connectivity index (χ3v) is 3.70. The molecule has 16 heavy (non-hydrogen) atoms. The average Bonchev–Trinajstić information content (AvgIpc) is 2.11. The molecule has 0 aliphatic carbocycles. The predicted molar refractivity (Wildman–Crippen MR) is 77.1 cm³/mol. The normalized spacial score (nSPS) is 16.5. The molecule has 0 bridgehead atoms. The third kappa shape index (κ3) is 8.43. The first-order valence-corrected chi connectivity index (χ1v) is 7.60. The summed E-state index contributed by atoms with van der Waals surface area (Å²) in [7, 11) is 2.20. The lowest BCUT2D eigenvalue weighted by atomic mass is 9.87. The van der Waals surface area contributed by atoms with E-state index in [4.69, 9.17) is 5.73 Å². The molecule has 3 heteroatoms. The molecule has 2 N–H and O–H groups in total. The highest BCUT2D eigenvalue weighted by Crippen LogP contribution is 2.21. The Labute approximate surface area is 106 Å². The summed E-state index contributed by atoms with van der Waals surface area (Å²) < 4.78 is 0. The summed E-state index contributed by atoms with van der Waals surface area (Å²) in [6, 6.07) is 0.987. The number of rotatable bonds is 7. The maximum Gasteiger partial charge on any atom is 0.0154 e. The number of nitrogens with two attached hydrogens (primary N) is 1. The summed E-state index contributed by atoms with van der Waals surface area (Å²) >= 11 is 1.91. The van der Waals surface area contributed by atoms with Crippen LogP contribution in [0.2, 0.25) is 0 Å². The van der Waals surface area contributed by atoms with E-state index in [1.165, 1.54) is 5.75 Å². The predicted octanol–water partition coefficient (Wildman–Crippen LogP) is 2.82. The van der Waals surface area contributed by atoms with E-state index >= 15 is 0 Å². The Hall–Kier alpha value is 0.270. The van der Waals surface area contributed by atoms with E-state index in [0.717, 1.165) is 19.4 Å². The lowest BCUT2D eigenvalue weighted by Crippen LogP contribution is -2.36. The van der Waals surface area contributed by atoms with Crippen molar-refractivity contribution in [2.45, 2.75) is 52.6 Å². The van der Waals surface area contributed by atoms with Gasteiger partial charge in [-0.05, 0) is 45.0 Å². The summed E-state index contributed by atoms with van der Waals surface area (Å²) in [5.41, 5.74) is 6.50. The molecule has 0 heterocycles. The first-order valence-electron chi connectivity index (χ1n) is 6.21. The molecule has 0 aliphatic rings. The van der Waals surface area contributed by atoms with Gasteiger partial charge in [0.1, 0.15) is 0 Å². The Bertz CT molecular complexity index is 177. The minimum atomic E-state index is 0.337. The van der Waals surface area contributed by atoms with E-state index in [2.05, 4.69) is 45.9 Å². The first kappa shape index (κ1) is 16.3. The van der Waals surface area contributed by atoms with Crippen molar-refractivity contribution in [3.05, 3.63) is 0 Å². The van der Waals surface area contributed by atoms with E-state index in [9.17, 15) is 0 Å². The van der Waals surface area contributed by atoms with Crippen molar-refractivity contribution in [1.29, 1.82) is 0 Å². The van der Waals surface area contributed by atoms with Crippen LogP contribution in [-0.4, -0.2) is 42.6 Å². The SMILES string of the molecule is CSCC(C)N(C)CCC(N)CC(C)(C)C. The van der Waals surface area contributed by atoms with E-state index in [1.807, 2.05) is 11.8 Å². The molecule has 0 spiro atoms. The number of hydrogen-bond acceptors (Lipinski definition) is 3. The van der Waals surface area contributed by atoms with Crippen molar-refractivity contribution in [1.82, 2.24) is 4.90 Å². The van der Waals surface area contributed by atoms with Gasteiger partial charge in [0.25, 0.3) is 0 Å². The van der Waals surface area contributed by atoms with Crippen molar-refractivity contribution in [2.75, 3.05) is 25.6 Å². The molecule has 0 fully saturated rings. The Morgan fingerprint density at radius 2 is 1.88 bits per heavy atom. The van der Waals surface area contributed by atoms with Crippen molar-refractivity contribution in [3.8, 4) is 0 Å². The van der Waals surface area contributed by atoms with Crippen LogP contribution in [-0.2, 0) is 0 Å². The maximum atomic E-state index is 6.15. The zero-order chi connectivity index (χ0) is 12.8. The van der Waals surface area contributed by atoms with Gasteiger partial charge < -0.3 is 10.6 Å². The third-order valence-electron chi connectivity index (χ3n) is 2.89. The molecule has 2 unspecified atom stereocenters. The molecule has 98 valence electrons. The van der Waals surface area contributed by atoms with Gasteiger partial charge in [0.15, 0.2) is 0 Å². The number of nitrogens with zero attached hydrogens (tertiary/aromatic N) is 1. The van der Waals surface area contributed by atoms with Gasteiger partial charge in [0.05, 0.1) is 0 Å². The second kappa shape index (κ2) is 7.57. The van der Waals surface area contributed by atoms with Crippen LogP contribution in [0.1, 0.15) is 40.5 Å². The molecule has 0 aliphatic heterocycles. The molecular weight excluding hydrogens is 216 g/mol. The van der Waals surface area contributed by atoms with Crippen LogP contribution < -0.4 is 5.73 Å². The topological polar surface area (TPSA) is 29.3 Å². The van der Waals surface area contributed by atoms with E-state index < -0.39 is 0 Å². The molecule has 0 rings (SSSR count). The second-order valence-corrected chi connectivity index (χ2v) is 7.01. The molecule has 0 saturated carbocycles. The number of hydrogen-bond donors (Lipinski definition) is 1. The van der Waals surface area contributed by atoms with Gasteiger partial charge >= 0.3 is 0 Å². The van der Waals surface area contributed by atoms with Crippen molar-refractivity contribution < 1.29 is 0 Å². The van der Waals surface area contributed by atoms with Gasteiger partial charge in [-0.15, -0.1) is 0 Å². The summed E-state index contributed by atoms with van der Waals surface area (Å²) in [5, 5.41) is 0. The van der Waals surface area contributed by atoms with E-state index in [1.54, 1.807) is 0 Å². The highest BCUT2D eigenvalue weighted by molar-refractivity contribution is 7.98. The van der Waals surface area contributed by atoms with Gasteiger partial charge in [0, 0.05) is 17.8 Å². The minimum Gasteiger partial charge on any atom is -0.328 e. The molecule has 0 saturated heterocycles. The van der Waals surface area contributed by atoms with Gasteiger partial charge in [-0.25, -0.2) is 0 Å². The molecular formula is C13H30N2S. The van der Waals surface area contributed by atoms with Gasteiger partial charge in [-0.3, -0.25) is 0 Å². The highest BCUT2D eigenvalue weighted by atomic mass is 32.2. The zero-order valence-corrected chi connectivity index (χ0v) is 12.7. The molecule has 0 aromatic carbocycles. The van der Waals surface area contributed by atoms with Crippen LogP contribution in [0.15, 0.2) is 0 Å². The number of thioether (sulfide) groups is 1. The van der Waals surface area contributed by atoms with Crippen LogP contribution in [0.3, 0.4) is 0 Å². The fourth-order valence-corrected chi connectivity index (χ4v) is 2.58. The van der Waals surface area contributed by atoms with Crippen molar-refractivity contribution in [3.63, 3.8) is 0 Å². The van der Waals surface area contributed by atoms with Crippen LogP contribution in [0.25, 0.3) is 0 Å². The fourth-order valence-electron chi connectivity index (χ4n) is 1.85. The summed E-state index contributed by atoms with van der Waals surface area (Å²) in [5.74, 6) is 1.20. The largest absolute Gasteiger partial charge is 0.328 e. The van der Waals surface area contributed by atoms with Crippen molar-refractivity contribution >= 4 is 11.8 Å². The van der Waals surface area contributed by atoms with Crippen LogP contribution >= 0.6 is 11.8 Å². The molecule has 2 nitrogen and oxygen atoms in total. The summed E-state index contributed by atoms with van der Waals surface area (Å²) in [4.78, 5) is 2.42. The quantitative estimate of drug-likeness (QED) is 0.749. The molecule has 0 radical (unpaired) electrons. The van der Waals surface area contributed by atoms with Gasteiger partial charge in [0.2, 0.25) is 0 Å². The standard InChI is InChI=1S/C13H30N2S/c1-11(10-16-6)15(5)8-7-12(14)9-13(2,3)4/h11-12H,7-10,14H2,1-6H3. The van der Waals surface area contributed by atoms with Crippen molar-refractivity contribution in [2.24, 2.45) is 11.1 Å². The Morgan fingerprint density at radius 1 is 1.31 bits per heavy atom. The summed E-state index contributed by atoms with van der Waals surface area (Å²) in [6.45, 7) is 10.2. The Kier molecular flexibility index (Phi) is 7.70. The summed E-state index contributed by atoms with van der Waals surface area (Å²) in [6.07, 6.45) is 4.37. The fraction of sp³-hybridized carbons (Fsp3) is 1.00. The Morgan fingerprint density at radius 3 is 2.31 bits per heavy atom. The maximum absolute atomic E-state index is 6.15. The smallest absolute Gasteiger partial charge is 0.0154 e. The van der Waals surface area contributed by atoms with E-state index in [0.29, 0.717) is 17.5 Å². The first-order chi connectivity index (χ1) is 7.26. The zero-order valence-electron chi connectivity index (χ0n) is 11.9. The Balaban J connectivity index is 3.78. The lowest BCUT2D eigenvalue weighted by molar-refractivity contribution is 0.249. The molecule has 0 amide bonds. The average molecular weight is 246 g/mol. The monoisotopic (exact) mass is 246 g/mol. The molecule has 0 aromatic rings. The van der Waals surface area contributed by atoms with Crippen LogP contribution in [0, 0.1) is 5.41 Å². The highest BCUT2D eigenvalue weighted by Gasteiger charge is 2.16. The minimum absolute atomic E-state index is 0.337.